The molecule has 0 saturated heterocycles. The van der Waals surface area contributed by atoms with E-state index in [9.17, 15) is 8.78 Å². The Balaban J connectivity index is 1.94. The predicted molar refractivity (Wildman–Crippen MR) is 69.3 cm³/mol. The first-order chi connectivity index (χ1) is 8.65. The van der Waals surface area contributed by atoms with Gasteiger partial charge in [-0.1, -0.05) is 0 Å². The van der Waals surface area contributed by atoms with Crippen LogP contribution in [0.3, 0.4) is 0 Å². The number of hydrogen-bond acceptors (Lipinski definition) is 2. The molecule has 1 aromatic heterocycles. The molecule has 0 bridgehead atoms. The Morgan fingerprint density at radius 3 is 2.67 bits per heavy atom. The molecule has 2 aromatic rings. The predicted octanol–water partition coefficient (Wildman–Crippen LogP) is 4.10. The lowest BCUT2D eigenvalue weighted by molar-refractivity contribution is 0.603. The fourth-order valence-electron chi connectivity index (χ4n) is 2.05. The van der Waals surface area contributed by atoms with Crippen molar-refractivity contribution in [2.45, 2.75) is 18.9 Å². The van der Waals surface area contributed by atoms with Crippen LogP contribution in [0.15, 0.2) is 30.3 Å². The minimum absolute atomic E-state index is 0.0420. The zero-order valence-corrected chi connectivity index (χ0v) is 10.5. The summed E-state index contributed by atoms with van der Waals surface area (Å²) in [6.07, 6.45) is 2.34. The number of halogens is 2. The van der Waals surface area contributed by atoms with Crippen LogP contribution in [0.2, 0.25) is 0 Å². The van der Waals surface area contributed by atoms with Crippen molar-refractivity contribution in [3.8, 4) is 10.4 Å². The minimum Gasteiger partial charge on any atom is -0.323 e. The van der Waals surface area contributed by atoms with Gasteiger partial charge in [0, 0.05) is 21.4 Å². The smallest absolute Gasteiger partial charge is 0.132 e. The molecule has 1 unspecified atom stereocenters. The lowest BCUT2D eigenvalue weighted by Crippen LogP contribution is -2.10. The summed E-state index contributed by atoms with van der Waals surface area (Å²) in [6, 6.07) is 7.30. The van der Waals surface area contributed by atoms with E-state index >= 15 is 0 Å². The summed E-state index contributed by atoms with van der Waals surface area (Å²) in [5.41, 5.74) is 6.42. The van der Waals surface area contributed by atoms with Gasteiger partial charge in [-0.05, 0) is 49.1 Å². The van der Waals surface area contributed by atoms with Crippen molar-refractivity contribution in [1.29, 1.82) is 0 Å². The second kappa shape index (κ2) is 4.44. The third-order valence-electron chi connectivity index (χ3n) is 3.28. The van der Waals surface area contributed by atoms with E-state index in [0.29, 0.717) is 11.5 Å². The lowest BCUT2D eigenvalue weighted by Gasteiger charge is -2.06. The second-order valence-corrected chi connectivity index (χ2v) is 5.80. The first kappa shape index (κ1) is 11.8. The first-order valence-electron chi connectivity index (χ1n) is 5.96. The summed E-state index contributed by atoms with van der Waals surface area (Å²) < 4.78 is 26.8. The molecule has 4 heteroatoms. The van der Waals surface area contributed by atoms with Crippen LogP contribution in [-0.2, 0) is 0 Å². The van der Waals surface area contributed by atoms with Crippen molar-refractivity contribution in [3.05, 3.63) is 46.8 Å². The maximum absolute atomic E-state index is 13.6. The van der Waals surface area contributed by atoms with Crippen molar-refractivity contribution in [2.24, 2.45) is 11.7 Å². The van der Waals surface area contributed by atoms with Crippen LogP contribution in [0.25, 0.3) is 10.4 Å². The third kappa shape index (κ3) is 2.18. The topological polar surface area (TPSA) is 26.0 Å². The summed E-state index contributed by atoms with van der Waals surface area (Å²) in [7, 11) is 0. The molecule has 1 heterocycles. The van der Waals surface area contributed by atoms with E-state index in [4.69, 9.17) is 5.73 Å². The zero-order chi connectivity index (χ0) is 12.7. The molecule has 3 rings (SSSR count). The Morgan fingerprint density at radius 1 is 1.17 bits per heavy atom. The molecular formula is C14H13F2NS. The molecule has 0 aliphatic heterocycles. The molecule has 1 aromatic carbocycles. The summed E-state index contributed by atoms with van der Waals surface area (Å²) in [5.74, 6) is -0.258. The molecule has 1 aliphatic rings. The zero-order valence-electron chi connectivity index (χ0n) is 9.70. The number of benzene rings is 1. The molecule has 1 nitrogen and oxygen atoms in total. The molecule has 0 radical (unpaired) electrons. The van der Waals surface area contributed by atoms with Crippen LogP contribution >= 0.6 is 11.3 Å². The van der Waals surface area contributed by atoms with Crippen molar-refractivity contribution in [2.75, 3.05) is 0 Å². The van der Waals surface area contributed by atoms with Crippen LogP contribution in [0.4, 0.5) is 8.78 Å². The Labute approximate surface area is 108 Å². The van der Waals surface area contributed by atoms with Gasteiger partial charge >= 0.3 is 0 Å². The second-order valence-electron chi connectivity index (χ2n) is 4.69. The Hall–Kier alpha value is -1.26. The van der Waals surface area contributed by atoms with Gasteiger partial charge in [0.25, 0.3) is 0 Å². The summed E-state index contributed by atoms with van der Waals surface area (Å²) in [4.78, 5) is 1.79. The van der Waals surface area contributed by atoms with Gasteiger partial charge in [0.1, 0.15) is 11.6 Å². The number of nitrogens with two attached hydrogens (primary N) is 1. The molecule has 0 spiro atoms. The SMILES string of the molecule is NC(c1ccc(-c2cc(F)ccc2F)s1)C1CC1. The lowest BCUT2D eigenvalue weighted by atomic mass is 10.1. The van der Waals surface area contributed by atoms with Crippen LogP contribution < -0.4 is 5.73 Å². The summed E-state index contributed by atoms with van der Waals surface area (Å²) >= 11 is 1.45. The molecule has 18 heavy (non-hydrogen) atoms. The van der Waals surface area contributed by atoms with E-state index in [1.54, 1.807) is 0 Å². The van der Waals surface area contributed by atoms with Gasteiger partial charge in [-0.3, -0.25) is 0 Å². The van der Waals surface area contributed by atoms with Gasteiger partial charge in [-0.25, -0.2) is 8.78 Å². The highest BCUT2D eigenvalue weighted by Gasteiger charge is 2.30. The molecule has 94 valence electrons. The van der Waals surface area contributed by atoms with Gasteiger partial charge in [0.2, 0.25) is 0 Å². The molecule has 1 atom stereocenters. The van der Waals surface area contributed by atoms with Gasteiger partial charge in [-0.2, -0.15) is 0 Å². The van der Waals surface area contributed by atoms with E-state index in [-0.39, 0.29) is 6.04 Å². The highest BCUT2D eigenvalue weighted by molar-refractivity contribution is 7.15. The highest BCUT2D eigenvalue weighted by Crippen LogP contribution is 2.43. The fourth-order valence-corrected chi connectivity index (χ4v) is 3.17. The van der Waals surface area contributed by atoms with E-state index < -0.39 is 11.6 Å². The van der Waals surface area contributed by atoms with Crippen molar-refractivity contribution in [3.63, 3.8) is 0 Å². The highest BCUT2D eigenvalue weighted by atomic mass is 32.1. The molecule has 0 amide bonds. The third-order valence-corrected chi connectivity index (χ3v) is 4.50. The fraction of sp³-hybridized carbons (Fsp3) is 0.286. The summed E-state index contributed by atoms with van der Waals surface area (Å²) in [5, 5.41) is 0. The van der Waals surface area contributed by atoms with Gasteiger partial charge in [0.15, 0.2) is 0 Å². The largest absolute Gasteiger partial charge is 0.323 e. The maximum Gasteiger partial charge on any atom is 0.132 e. The summed E-state index contributed by atoms with van der Waals surface area (Å²) in [6.45, 7) is 0. The van der Waals surface area contributed by atoms with Crippen LogP contribution in [0, 0.1) is 17.6 Å². The number of rotatable bonds is 3. The molecule has 1 saturated carbocycles. The van der Waals surface area contributed by atoms with Crippen molar-refractivity contribution in [1.82, 2.24) is 0 Å². The Morgan fingerprint density at radius 2 is 1.94 bits per heavy atom. The molecule has 1 fully saturated rings. The van der Waals surface area contributed by atoms with E-state index in [1.165, 1.54) is 30.2 Å². The molecule has 2 N–H and O–H groups in total. The average molecular weight is 265 g/mol. The van der Waals surface area contributed by atoms with E-state index in [2.05, 4.69) is 0 Å². The van der Waals surface area contributed by atoms with Crippen molar-refractivity contribution >= 4 is 11.3 Å². The first-order valence-corrected chi connectivity index (χ1v) is 6.77. The van der Waals surface area contributed by atoms with E-state index in [0.717, 1.165) is 21.9 Å². The molecule has 1 aliphatic carbocycles. The average Bonchev–Trinajstić information content (AvgIpc) is 3.09. The van der Waals surface area contributed by atoms with Gasteiger partial charge in [0.05, 0.1) is 0 Å². The maximum atomic E-state index is 13.6. The monoisotopic (exact) mass is 265 g/mol. The number of thiophene rings is 1. The van der Waals surface area contributed by atoms with E-state index in [1.807, 2.05) is 12.1 Å². The Bertz CT molecular complexity index is 575. The van der Waals surface area contributed by atoms with Gasteiger partial charge in [-0.15, -0.1) is 11.3 Å². The Kier molecular flexibility index (Phi) is 2.92. The standard InChI is InChI=1S/C14H13F2NS/c15-9-3-4-11(16)10(7-9)12-5-6-13(18-12)14(17)8-1-2-8/h3-8,14H,1-2,17H2. The minimum atomic E-state index is -0.423. The van der Waals surface area contributed by atoms with Crippen LogP contribution in [0.5, 0.6) is 0 Å². The normalized spacial score (nSPS) is 16.8. The van der Waals surface area contributed by atoms with Crippen LogP contribution in [0.1, 0.15) is 23.8 Å². The van der Waals surface area contributed by atoms with Crippen molar-refractivity contribution < 1.29 is 8.78 Å². The number of hydrogen-bond donors (Lipinski definition) is 1. The quantitative estimate of drug-likeness (QED) is 0.888. The molecular weight excluding hydrogens is 252 g/mol. The van der Waals surface area contributed by atoms with Crippen LogP contribution in [-0.4, -0.2) is 0 Å². The van der Waals surface area contributed by atoms with Gasteiger partial charge < -0.3 is 5.73 Å².